The number of nitrogens with zero attached hydrogens (tertiary/aromatic N) is 3. The van der Waals surface area contributed by atoms with E-state index >= 15 is 0 Å². The van der Waals surface area contributed by atoms with Gasteiger partial charge in [-0.05, 0) is 31.5 Å². The van der Waals surface area contributed by atoms with Crippen LogP contribution in [0.3, 0.4) is 0 Å². The highest BCUT2D eigenvalue weighted by molar-refractivity contribution is 5.98. The van der Waals surface area contributed by atoms with Gasteiger partial charge in [0.15, 0.2) is 11.5 Å². The summed E-state index contributed by atoms with van der Waals surface area (Å²) in [6.45, 7) is 3.96. The minimum atomic E-state index is -1.43. The predicted molar refractivity (Wildman–Crippen MR) is 86.4 cm³/mol. The quantitative estimate of drug-likeness (QED) is 0.673. The summed E-state index contributed by atoms with van der Waals surface area (Å²) in [5.74, 6) is 0.201. The van der Waals surface area contributed by atoms with Crippen LogP contribution in [-0.2, 0) is 4.79 Å². The molecule has 2 aliphatic heterocycles. The standard InChI is InChI=1S/C16H16N4O5/c1-8(2)19-15-10(6-17-19)13(14(20(22)23)16(21)18-15)9-3-4-11-12(5-9)25-7-24-11/h3-6,8,13-14H,7H2,1-2H3,(H,18,21). The molecule has 2 unspecified atom stereocenters. The maximum Gasteiger partial charge on any atom is 0.301 e. The molecule has 0 saturated carbocycles. The van der Waals surface area contributed by atoms with Gasteiger partial charge >= 0.3 is 11.9 Å². The lowest BCUT2D eigenvalue weighted by Crippen LogP contribution is -2.44. The van der Waals surface area contributed by atoms with Crippen molar-refractivity contribution in [3.8, 4) is 11.5 Å². The molecule has 1 aromatic heterocycles. The summed E-state index contributed by atoms with van der Waals surface area (Å²) in [7, 11) is 0. The highest BCUT2D eigenvalue weighted by atomic mass is 16.7. The second kappa shape index (κ2) is 5.47. The smallest absolute Gasteiger partial charge is 0.301 e. The van der Waals surface area contributed by atoms with Crippen LogP contribution in [0.4, 0.5) is 5.82 Å². The molecule has 130 valence electrons. The fraction of sp³-hybridized carbons (Fsp3) is 0.375. The van der Waals surface area contributed by atoms with Crippen LogP contribution in [0.5, 0.6) is 11.5 Å². The minimum Gasteiger partial charge on any atom is -0.454 e. The Labute approximate surface area is 142 Å². The zero-order chi connectivity index (χ0) is 17.7. The SMILES string of the molecule is CC(C)n1ncc2c1NC(=O)C([N+](=O)[O-])C2c1ccc2c(c1)OCO2. The molecule has 2 aromatic rings. The topological polar surface area (TPSA) is 109 Å². The number of fused-ring (bicyclic) bond motifs is 2. The number of rotatable bonds is 3. The molecule has 9 nitrogen and oxygen atoms in total. The van der Waals surface area contributed by atoms with E-state index in [4.69, 9.17) is 9.47 Å². The molecule has 0 aliphatic carbocycles. The zero-order valence-corrected chi connectivity index (χ0v) is 13.6. The Morgan fingerprint density at radius 1 is 1.36 bits per heavy atom. The van der Waals surface area contributed by atoms with Crippen molar-refractivity contribution in [1.82, 2.24) is 9.78 Å². The third-order valence-corrected chi connectivity index (χ3v) is 4.46. The monoisotopic (exact) mass is 344 g/mol. The van der Waals surface area contributed by atoms with Gasteiger partial charge in [0.1, 0.15) is 5.82 Å². The molecular weight excluding hydrogens is 328 g/mol. The first-order chi connectivity index (χ1) is 12.0. The molecule has 1 amide bonds. The van der Waals surface area contributed by atoms with Crippen molar-refractivity contribution in [2.75, 3.05) is 12.1 Å². The zero-order valence-electron chi connectivity index (χ0n) is 13.6. The van der Waals surface area contributed by atoms with E-state index in [1.54, 1.807) is 29.1 Å². The van der Waals surface area contributed by atoms with Gasteiger partial charge in [0.05, 0.1) is 12.1 Å². The van der Waals surface area contributed by atoms with Crippen molar-refractivity contribution in [2.24, 2.45) is 0 Å². The van der Waals surface area contributed by atoms with Crippen molar-refractivity contribution >= 4 is 11.7 Å². The average molecular weight is 344 g/mol. The number of nitro groups is 1. The predicted octanol–water partition coefficient (Wildman–Crippen LogP) is 1.92. The van der Waals surface area contributed by atoms with Crippen LogP contribution >= 0.6 is 0 Å². The molecule has 2 atom stereocenters. The van der Waals surface area contributed by atoms with Gasteiger partial charge in [-0.3, -0.25) is 14.9 Å². The number of aromatic nitrogens is 2. The number of carbonyl (C=O) groups is 1. The number of hydrogen-bond acceptors (Lipinski definition) is 6. The van der Waals surface area contributed by atoms with Crippen LogP contribution in [0.2, 0.25) is 0 Å². The van der Waals surface area contributed by atoms with Crippen LogP contribution < -0.4 is 14.8 Å². The second-order valence-electron chi connectivity index (χ2n) is 6.30. The molecule has 0 spiro atoms. The lowest BCUT2D eigenvalue weighted by molar-refractivity contribution is -0.509. The number of ether oxygens (including phenoxy) is 2. The van der Waals surface area contributed by atoms with E-state index in [-0.39, 0.29) is 12.8 Å². The Hall–Kier alpha value is -3.10. The van der Waals surface area contributed by atoms with Crippen LogP contribution in [0.15, 0.2) is 24.4 Å². The maximum absolute atomic E-state index is 12.4. The van der Waals surface area contributed by atoms with E-state index in [0.29, 0.717) is 28.4 Å². The molecular formula is C16H16N4O5. The lowest BCUT2D eigenvalue weighted by atomic mass is 9.83. The van der Waals surface area contributed by atoms with Gasteiger partial charge in [-0.1, -0.05) is 6.07 Å². The Balaban J connectivity index is 1.88. The first-order valence-corrected chi connectivity index (χ1v) is 7.88. The lowest BCUT2D eigenvalue weighted by Gasteiger charge is -2.27. The first-order valence-electron chi connectivity index (χ1n) is 7.88. The van der Waals surface area contributed by atoms with E-state index < -0.39 is 22.8 Å². The normalized spacial score (nSPS) is 21.2. The fourth-order valence-electron chi connectivity index (χ4n) is 3.32. The third kappa shape index (κ3) is 2.31. The molecule has 2 aliphatic rings. The number of anilines is 1. The first kappa shape index (κ1) is 15.4. The Kier molecular flexibility index (Phi) is 3.38. The van der Waals surface area contributed by atoms with Gasteiger partial charge in [-0.2, -0.15) is 5.10 Å². The van der Waals surface area contributed by atoms with Gasteiger partial charge in [-0.15, -0.1) is 0 Å². The molecule has 1 N–H and O–H groups in total. The van der Waals surface area contributed by atoms with Crippen LogP contribution in [0.25, 0.3) is 0 Å². The molecule has 4 rings (SSSR count). The van der Waals surface area contributed by atoms with Crippen molar-refractivity contribution in [2.45, 2.75) is 31.8 Å². The Bertz CT molecular complexity index is 875. The van der Waals surface area contributed by atoms with E-state index in [9.17, 15) is 14.9 Å². The van der Waals surface area contributed by atoms with Crippen LogP contribution in [-0.4, -0.2) is 33.4 Å². The van der Waals surface area contributed by atoms with Crippen LogP contribution in [0, 0.1) is 10.1 Å². The summed E-state index contributed by atoms with van der Waals surface area (Å²) in [6.07, 6.45) is 1.58. The fourth-order valence-corrected chi connectivity index (χ4v) is 3.32. The number of nitrogens with one attached hydrogen (secondary N) is 1. The van der Waals surface area contributed by atoms with Gasteiger partial charge in [0, 0.05) is 16.5 Å². The summed E-state index contributed by atoms with van der Waals surface area (Å²) >= 11 is 0. The highest BCUT2D eigenvalue weighted by Crippen LogP contribution is 2.42. The largest absolute Gasteiger partial charge is 0.454 e. The summed E-state index contributed by atoms with van der Waals surface area (Å²) in [5, 5.41) is 18.5. The summed E-state index contributed by atoms with van der Waals surface area (Å²) < 4.78 is 12.3. The van der Waals surface area contributed by atoms with E-state index in [2.05, 4.69) is 10.4 Å². The van der Waals surface area contributed by atoms with Crippen molar-refractivity contribution in [1.29, 1.82) is 0 Å². The molecule has 0 radical (unpaired) electrons. The van der Waals surface area contributed by atoms with E-state index in [1.807, 2.05) is 13.8 Å². The average Bonchev–Trinajstić information content (AvgIpc) is 3.18. The van der Waals surface area contributed by atoms with E-state index in [1.165, 1.54) is 0 Å². The highest BCUT2D eigenvalue weighted by Gasteiger charge is 2.47. The van der Waals surface area contributed by atoms with Crippen LogP contribution in [0.1, 0.15) is 36.9 Å². The molecule has 3 heterocycles. The summed E-state index contributed by atoms with van der Waals surface area (Å²) in [5.41, 5.74) is 1.24. The van der Waals surface area contributed by atoms with Gasteiger partial charge in [-0.25, -0.2) is 4.68 Å². The molecule has 9 heteroatoms. The summed E-state index contributed by atoms with van der Waals surface area (Å²) in [6, 6.07) is 3.70. The molecule has 1 aromatic carbocycles. The number of benzene rings is 1. The second-order valence-corrected chi connectivity index (χ2v) is 6.30. The van der Waals surface area contributed by atoms with Crippen molar-refractivity contribution in [3.63, 3.8) is 0 Å². The summed E-state index contributed by atoms with van der Waals surface area (Å²) in [4.78, 5) is 23.5. The van der Waals surface area contributed by atoms with Gasteiger partial charge < -0.3 is 14.8 Å². The minimum absolute atomic E-state index is 0.00797. The van der Waals surface area contributed by atoms with Gasteiger partial charge in [0.25, 0.3) is 0 Å². The number of amides is 1. The van der Waals surface area contributed by atoms with Crippen molar-refractivity contribution in [3.05, 3.63) is 45.6 Å². The molecule has 0 bridgehead atoms. The maximum atomic E-state index is 12.4. The molecule has 0 fully saturated rings. The number of carbonyl (C=O) groups excluding carboxylic acids is 1. The molecule has 25 heavy (non-hydrogen) atoms. The Morgan fingerprint density at radius 2 is 2.12 bits per heavy atom. The molecule has 0 saturated heterocycles. The third-order valence-electron chi connectivity index (χ3n) is 4.46. The van der Waals surface area contributed by atoms with Crippen molar-refractivity contribution < 1.29 is 19.2 Å². The Morgan fingerprint density at radius 3 is 2.84 bits per heavy atom. The number of hydrogen-bond donors (Lipinski definition) is 1. The van der Waals surface area contributed by atoms with E-state index in [0.717, 1.165) is 0 Å². The van der Waals surface area contributed by atoms with Gasteiger partial charge in [0.2, 0.25) is 6.79 Å².